The van der Waals surface area contributed by atoms with Crippen molar-refractivity contribution in [1.29, 1.82) is 0 Å². The van der Waals surface area contributed by atoms with Gasteiger partial charge in [-0.3, -0.25) is 14.4 Å². The molecule has 0 aliphatic heterocycles. The summed E-state index contributed by atoms with van der Waals surface area (Å²) in [5.74, 6) is -0.933. The maximum atomic E-state index is 12.9. The molecule has 80 heavy (non-hydrogen) atoms. The summed E-state index contributed by atoms with van der Waals surface area (Å²) in [6.07, 6.45) is 91.4. The first-order chi connectivity index (χ1) is 39.5. The smallest absolute Gasteiger partial charge is 0.306 e. The van der Waals surface area contributed by atoms with Crippen molar-refractivity contribution < 1.29 is 28.6 Å². The Kier molecular flexibility index (Phi) is 64.7. The Labute approximate surface area is 496 Å². The monoisotopic (exact) mass is 1110 g/mol. The van der Waals surface area contributed by atoms with Crippen LogP contribution in [-0.4, -0.2) is 37.2 Å². The Balaban J connectivity index is 4.41. The molecule has 0 heterocycles. The van der Waals surface area contributed by atoms with Crippen LogP contribution in [0.5, 0.6) is 0 Å². The van der Waals surface area contributed by atoms with Gasteiger partial charge < -0.3 is 14.2 Å². The number of rotatable bonds is 62. The minimum atomic E-state index is -0.806. The Morgan fingerprint density at radius 1 is 0.263 bits per heavy atom. The fraction of sp³-hybridized carbons (Fsp3) is 0.743. The van der Waals surface area contributed by atoms with Crippen LogP contribution in [0.4, 0.5) is 0 Å². The minimum absolute atomic E-state index is 0.0955. The van der Waals surface area contributed by atoms with Crippen molar-refractivity contribution in [3.8, 4) is 0 Å². The molecule has 0 aliphatic carbocycles. The van der Waals surface area contributed by atoms with E-state index in [-0.39, 0.29) is 37.5 Å². The van der Waals surface area contributed by atoms with Crippen LogP contribution in [0.25, 0.3) is 0 Å². The SMILES string of the molecule is CC/C=C\C/C=C\C/C=C\C/C=C\C/C=C\C/C=C\CCCCC(=O)OC(COC(=O)CCCCCCCCC/C=C\C/C=C\CCCCC)COC(=O)CCCCCCCCCCCCCCCCCCCCCCCCCC. The van der Waals surface area contributed by atoms with Crippen LogP contribution in [0.2, 0.25) is 0 Å². The van der Waals surface area contributed by atoms with Crippen LogP contribution in [-0.2, 0) is 28.6 Å². The van der Waals surface area contributed by atoms with Crippen molar-refractivity contribution in [2.45, 2.75) is 341 Å². The molecule has 0 aromatic carbocycles. The van der Waals surface area contributed by atoms with Crippen molar-refractivity contribution in [2.24, 2.45) is 0 Å². The first kappa shape index (κ1) is 76.3. The molecule has 0 radical (unpaired) electrons. The standard InChI is InChI=1S/C74H128O6/c1-4-7-10-13-16-19-22-25-28-31-33-35-36-37-39-40-43-46-49-52-55-58-61-64-67-73(76)79-70-71(69-78-72(75)66-63-60-57-54-51-48-45-42-30-27-24-21-18-15-12-9-6-3)80-74(77)68-65-62-59-56-53-50-47-44-41-38-34-32-29-26-23-20-17-14-11-8-5-2/h8,11,17-18,20-21,26-27,29-30,34,38,44,47,53,56,71H,4-7,9-10,12-16,19,22-25,28,31-33,35-37,39-43,45-46,48-52,54-55,57-70H2,1-3H3/b11-8-,20-17-,21-18-,29-26-,30-27-,38-34-,47-44-,56-53-. The number of allylic oxidation sites excluding steroid dienone is 16. The molecule has 0 saturated carbocycles. The first-order valence-corrected chi connectivity index (χ1v) is 34.2. The molecule has 460 valence electrons. The van der Waals surface area contributed by atoms with Gasteiger partial charge in [-0.05, 0) is 103 Å². The average Bonchev–Trinajstić information content (AvgIpc) is 3.46. The van der Waals surface area contributed by atoms with Gasteiger partial charge in [0.25, 0.3) is 0 Å². The third-order valence-corrected chi connectivity index (χ3v) is 14.8. The largest absolute Gasteiger partial charge is 0.462 e. The van der Waals surface area contributed by atoms with Gasteiger partial charge in [-0.15, -0.1) is 0 Å². The zero-order valence-electron chi connectivity index (χ0n) is 52.8. The number of ether oxygens (including phenoxy) is 3. The van der Waals surface area contributed by atoms with Gasteiger partial charge in [-0.1, -0.05) is 311 Å². The second kappa shape index (κ2) is 67.8. The lowest BCUT2D eigenvalue weighted by atomic mass is 10.0. The van der Waals surface area contributed by atoms with E-state index in [1.807, 2.05) is 0 Å². The zero-order valence-corrected chi connectivity index (χ0v) is 52.8. The maximum Gasteiger partial charge on any atom is 0.306 e. The van der Waals surface area contributed by atoms with Crippen molar-refractivity contribution >= 4 is 17.9 Å². The molecular weight excluding hydrogens is 985 g/mol. The highest BCUT2D eigenvalue weighted by Gasteiger charge is 2.19. The Bertz CT molecular complexity index is 1560. The van der Waals surface area contributed by atoms with E-state index in [0.29, 0.717) is 19.3 Å². The molecular formula is C74H128O6. The molecule has 0 N–H and O–H groups in total. The molecule has 6 heteroatoms. The van der Waals surface area contributed by atoms with Crippen molar-refractivity contribution in [3.05, 3.63) is 97.2 Å². The Hall–Kier alpha value is -3.67. The average molecular weight is 1110 g/mol. The van der Waals surface area contributed by atoms with Gasteiger partial charge in [0.2, 0.25) is 0 Å². The predicted molar refractivity (Wildman–Crippen MR) is 348 cm³/mol. The van der Waals surface area contributed by atoms with E-state index >= 15 is 0 Å². The lowest BCUT2D eigenvalue weighted by molar-refractivity contribution is -0.167. The van der Waals surface area contributed by atoms with Gasteiger partial charge >= 0.3 is 17.9 Å². The molecule has 0 saturated heterocycles. The Morgan fingerprint density at radius 3 is 0.812 bits per heavy atom. The normalized spacial score (nSPS) is 12.7. The second-order valence-electron chi connectivity index (χ2n) is 22.7. The molecule has 1 atom stereocenters. The third kappa shape index (κ3) is 65.1. The van der Waals surface area contributed by atoms with E-state index in [0.717, 1.165) is 103 Å². The highest BCUT2D eigenvalue weighted by Crippen LogP contribution is 2.17. The Morgan fingerprint density at radius 2 is 0.487 bits per heavy atom. The summed E-state index contributed by atoms with van der Waals surface area (Å²) in [5, 5.41) is 0. The number of esters is 3. The lowest BCUT2D eigenvalue weighted by Gasteiger charge is -2.18. The van der Waals surface area contributed by atoms with E-state index in [1.165, 1.54) is 186 Å². The summed E-state index contributed by atoms with van der Waals surface area (Å²) < 4.78 is 16.9. The number of hydrogen-bond acceptors (Lipinski definition) is 6. The molecule has 6 nitrogen and oxygen atoms in total. The van der Waals surface area contributed by atoms with Crippen LogP contribution in [0.15, 0.2) is 97.2 Å². The molecule has 0 amide bonds. The molecule has 1 unspecified atom stereocenters. The van der Waals surface area contributed by atoms with E-state index in [2.05, 4.69) is 118 Å². The molecule has 0 spiro atoms. The summed E-state index contributed by atoms with van der Waals surface area (Å²) in [5.41, 5.74) is 0. The van der Waals surface area contributed by atoms with Crippen LogP contribution in [0.1, 0.15) is 335 Å². The van der Waals surface area contributed by atoms with Gasteiger partial charge in [0.15, 0.2) is 6.10 Å². The minimum Gasteiger partial charge on any atom is -0.462 e. The van der Waals surface area contributed by atoms with Crippen molar-refractivity contribution in [1.82, 2.24) is 0 Å². The van der Waals surface area contributed by atoms with Crippen LogP contribution in [0, 0.1) is 0 Å². The molecule has 0 aromatic heterocycles. The summed E-state index contributed by atoms with van der Waals surface area (Å²) in [6.45, 7) is 6.50. The van der Waals surface area contributed by atoms with Gasteiger partial charge in [0.1, 0.15) is 13.2 Å². The molecule has 0 rings (SSSR count). The van der Waals surface area contributed by atoms with Gasteiger partial charge in [0.05, 0.1) is 0 Å². The maximum absolute atomic E-state index is 12.9. The highest BCUT2D eigenvalue weighted by molar-refractivity contribution is 5.71. The van der Waals surface area contributed by atoms with E-state index < -0.39 is 6.10 Å². The predicted octanol–water partition coefficient (Wildman–Crippen LogP) is 23.6. The second-order valence-corrected chi connectivity index (χ2v) is 22.7. The van der Waals surface area contributed by atoms with Crippen molar-refractivity contribution in [2.75, 3.05) is 13.2 Å². The molecule has 0 aliphatic rings. The summed E-state index contributed by atoms with van der Waals surface area (Å²) in [7, 11) is 0. The van der Waals surface area contributed by atoms with Crippen molar-refractivity contribution in [3.63, 3.8) is 0 Å². The zero-order chi connectivity index (χ0) is 57.8. The summed E-state index contributed by atoms with van der Waals surface area (Å²) in [6, 6.07) is 0. The molecule has 0 aromatic rings. The number of carbonyl (C=O) groups is 3. The van der Waals surface area contributed by atoms with Crippen LogP contribution >= 0.6 is 0 Å². The van der Waals surface area contributed by atoms with E-state index in [1.54, 1.807) is 0 Å². The van der Waals surface area contributed by atoms with Gasteiger partial charge in [-0.2, -0.15) is 0 Å². The number of unbranched alkanes of at least 4 members (excludes halogenated alkanes) is 35. The fourth-order valence-electron chi connectivity index (χ4n) is 9.71. The van der Waals surface area contributed by atoms with E-state index in [4.69, 9.17) is 14.2 Å². The van der Waals surface area contributed by atoms with Crippen LogP contribution < -0.4 is 0 Å². The summed E-state index contributed by atoms with van der Waals surface area (Å²) >= 11 is 0. The quantitative estimate of drug-likeness (QED) is 0.0261. The first-order valence-electron chi connectivity index (χ1n) is 34.2. The van der Waals surface area contributed by atoms with Gasteiger partial charge in [-0.25, -0.2) is 0 Å². The summed E-state index contributed by atoms with van der Waals surface area (Å²) in [4.78, 5) is 38.4. The topological polar surface area (TPSA) is 78.9 Å². The van der Waals surface area contributed by atoms with E-state index in [9.17, 15) is 14.4 Å². The van der Waals surface area contributed by atoms with Gasteiger partial charge in [0, 0.05) is 19.3 Å². The fourth-order valence-corrected chi connectivity index (χ4v) is 9.71. The number of carbonyl (C=O) groups excluding carboxylic acids is 3. The molecule has 0 fully saturated rings. The number of hydrogen-bond donors (Lipinski definition) is 0. The lowest BCUT2D eigenvalue weighted by Crippen LogP contribution is -2.30. The third-order valence-electron chi connectivity index (χ3n) is 14.8. The van der Waals surface area contributed by atoms with Crippen LogP contribution in [0.3, 0.4) is 0 Å². The highest BCUT2D eigenvalue weighted by atomic mass is 16.6. The molecule has 0 bridgehead atoms.